The molecule has 0 spiro atoms. The monoisotopic (exact) mass is 800 g/mol. The summed E-state index contributed by atoms with van der Waals surface area (Å²) in [7, 11) is -9.65. The van der Waals surface area contributed by atoms with E-state index in [1.165, 1.54) is 83.5 Å². The first kappa shape index (κ1) is 51.9. The van der Waals surface area contributed by atoms with Crippen LogP contribution in [0.5, 0.6) is 0 Å². The summed E-state index contributed by atoms with van der Waals surface area (Å²) in [6.07, 6.45) is 29.2. The van der Waals surface area contributed by atoms with Crippen LogP contribution in [0.25, 0.3) is 0 Å². The van der Waals surface area contributed by atoms with Crippen LogP contribution >= 0.6 is 15.6 Å². The van der Waals surface area contributed by atoms with Gasteiger partial charge in [0.2, 0.25) is 0 Å². The Morgan fingerprint density at radius 3 is 1.42 bits per heavy atom. The zero-order chi connectivity index (χ0) is 39.5. The maximum atomic E-state index is 12.6. The third-order valence-corrected chi connectivity index (χ3v) is 10.1. The van der Waals surface area contributed by atoms with E-state index in [2.05, 4.69) is 35.0 Å². The molecule has 0 fully saturated rings. The Kier molecular flexibility index (Phi) is 34.5. The summed E-state index contributed by atoms with van der Waals surface area (Å²) in [6.45, 7) is 1.74. The van der Waals surface area contributed by atoms with Gasteiger partial charge in [0.25, 0.3) is 0 Å². The molecular formula is C38H74O13P2. The molecule has 4 N–H and O–H groups in total. The van der Waals surface area contributed by atoms with Crippen molar-refractivity contribution in [2.75, 3.05) is 26.4 Å². The molecule has 0 aromatic rings. The summed E-state index contributed by atoms with van der Waals surface area (Å²) in [5.41, 5.74) is 0. The normalized spacial score (nSPS) is 14.3. The van der Waals surface area contributed by atoms with Crippen LogP contribution in [-0.2, 0) is 41.8 Å². The van der Waals surface area contributed by atoms with Gasteiger partial charge in [-0.2, -0.15) is 0 Å². The van der Waals surface area contributed by atoms with Crippen LogP contribution in [0, 0.1) is 0 Å². The molecule has 0 saturated heterocycles. The highest BCUT2D eigenvalue weighted by Crippen LogP contribution is 2.43. The summed E-state index contributed by atoms with van der Waals surface area (Å²) in [5.74, 6) is -1.03. The zero-order valence-electron chi connectivity index (χ0n) is 32.9. The van der Waals surface area contributed by atoms with Gasteiger partial charge in [0.1, 0.15) is 12.7 Å². The first-order chi connectivity index (χ1) is 25.4. The molecule has 53 heavy (non-hydrogen) atoms. The van der Waals surface area contributed by atoms with Crippen LogP contribution in [0.15, 0.2) is 12.2 Å². The molecule has 0 aliphatic rings. The quantitative estimate of drug-likeness (QED) is 0.0199. The standard InChI is InChI=1S/C38H74O13P2/c1-3-5-7-9-11-13-15-17-19-21-23-25-27-29-37(40)47-33-36(34-50-53(45,46)49-32-35(39)31-48-52(42,43)44)51-38(41)30-28-26-24-22-20-18-16-14-12-10-8-6-4-2/h14,16,35-36,39H,3-13,15,17-34H2,1-2H3,(H,45,46)(H2,42,43,44)/b16-14-/t35-,36+/m0/s1. The van der Waals surface area contributed by atoms with E-state index in [4.69, 9.17) is 23.8 Å². The van der Waals surface area contributed by atoms with Gasteiger partial charge in [0.05, 0.1) is 19.8 Å². The number of aliphatic hydroxyl groups excluding tert-OH is 1. The number of esters is 2. The van der Waals surface area contributed by atoms with Crippen molar-refractivity contribution in [2.45, 2.75) is 193 Å². The van der Waals surface area contributed by atoms with Gasteiger partial charge in [0, 0.05) is 12.8 Å². The molecule has 0 radical (unpaired) electrons. The van der Waals surface area contributed by atoms with E-state index >= 15 is 0 Å². The first-order valence-electron chi connectivity index (χ1n) is 20.4. The number of unbranched alkanes of at least 4 members (excludes halogenated alkanes) is 21. The maximum absolute atomic E-state index is 12.6. The number of hydrogen-bond donors (Lipinski definition) is 4. The minimum Gasteiger partial charge on any atom is -0.462 e. The lowest BCUT2D eigenvalue weighted by Gasteiger charge is -2.20. The van der Waals surface area contributed by atoms with E-state index in [9.17, 15) is 28.7 Å². The van der Waals surface area contributed by atoms with Crippen molar-refractivity contribution < 1.29 is 61.6 Å². The van der Waals surface area contributed by atoms with E-state index in [1.807, 2.05) is 0 Å². The molecule has 0 bridgehead atoms. The highest BCUT2D eigenvalue weighted by atomic mass is 31.2. The van der Waals surface area contributed by atoms with Gasteiger partial charge in [-0.15, -0.1) is 0 Å². The Bertz CT molecular complexity index is 1000. The molecule has 3 atom stereocenters. The second-order valence-electron chi connectivity index (χ2n) is 13.9. The number of phosphoric acid groups is 2. The topological polar surface area (TPSA) is 195 Å². The van der Waals surface area contributed by atoms with Gasteiger partial charge in [-0.05, 0) is 38.5 Å². The molecule has 0 saturated carbocycles. The molecule has 0 amide bonds. The molecule has 0 aliphatic heterocycles. The SMILES string of the molecule is CCCCCC/C=C\CCCCCCCC(=O)O[C@H](COC(=O)CCCCCCCCCCCCCCC)COP(=O)(O)OC[C@@H](O)COP(=O)(O)O. The lowest BCUT2D eigenvalue weighted by molar-refractivity contribution is -0.161. The second kappa shape index (κ2) is 35.3. The fourth-order valence-corrected chi connectivity index (χ4v) is 6.67. The lowest BCUT2D eigenvalue weighted by Crippen LogP contribution is -2.30. The van der Waals surface area contributed by atoms with Gasteiger partial charge >= 0.3 is 27.6 Å². The predicted molar refractivity (Wildman–Crippen MR) is 207 cm³/mol. The van der Waals surface area contributed by atoms with E-state index in [-0.39, 0.29) is 19.4 Å². The first-order valence-corrected chi connectivity index (χ1v) is 23.4. The molecule has 0 aromatic heterocycles. The number of allylic oxidation sites excluding steroid dienone is 2. The third-order valence-electron chi connectivity index (χ3n) is 8.64. The van der Waals surface area contributed by atoms with Crippen LogP contribution in [0.1, 0.15) is 181 Å². The molecule has 0 aliphatic carbocycles. The fraction of sp³-hybridized carbons (Fsp3) is 0.895. The van der Waals surface area contributed by atoms with E-state index < -0.39 is 59.6 Å². The summed E-state index contributed by atoms with van der Waals surface area (Å²) < 4.78 is 47.6. The highest BCUT2D eigenvalue weighted by molar-refractivity contribution is 7.47. The zero-order valence-corrected chi connectivity index (χ0v) is 34.7. The van der Waals surface area contributed by atoms with Crippen molar-refractivity contribution in [1.29, 1.82) is 0 Å². The minimum atomic E-state index is -4.86. The van der Waals surface area contributed by atoms with Crippen molar-refractivity contribution in [3.63, 3.8) is 0 Å². The molecule has 0 heterocycles. The number of carbonyl (C=O) groups excluding carboxylic acids is 2. The van der Waals surface area contributed by atoms with Gasteiger partial charge in [-0.3, -0.25) is 23.2 Å². The Labute approximate surface area is 320 Å². The molecule has 314 valence electrons. The van der Waals surface area contributed by atoms with Crippen LogP contribution in [-0.4, -0.2) is 70.4 Å². The average molecular weight is 801 g/mol. The highest BCUT2D eigenvalue weighted by Gasteiger charge is 2.28. The van der Waals surface area contributed by atoms with Crippen molar-refractivity contribution in [2.24, 2.45) is 0 Å². The minimum absolute atomic E-state index is 0.125. The van der Waals surface area contributed by atoms with E-state index in [1.54, 1.807) is 0 Å². The molecule has 15 heteroatoms. The fourth-order valence-electron chi connectivity index (χ4n) is 5.52. The number of ether oxygens (including phenoxy) is 2. The number of carbonyl (C=O) groups is 2. The van der Waals surface area contributed by atoms with Crippen LogP contribution < -0.4 is 0 Å². The van der Waals surface area contributed by atoms with Crippen molar-refractivity contribution in [3.8, 4) is 0 Å². The number of hydrogen-bond acceptors (Lipinski definition) is 10. The van der Waals surface area contributed by atoms with E-state index in [0.717, 1.165) is 57.8 Å². The Balaban J connectivity index is 4.55. The number of aliphatic hydroxyl groups is 1. The van der Waals surface area contributed by atoms with Gasteiger partial charge < -0.3 is 29.3 Å². The van der Waals surface area contributed by atoms with Crippen LogP contribution in [0.4, 0.5) is 0 Å². The molecular weight excluding hydrogens is 726 g/mol. The summed E-state index contributed by atoms with van der Waals surface area (Å²) in [5, 5.41) is 9.72. The molecule has 13 nitrogen and oxygen atoms in total. The predicted octanol–water partition coefficient (Wildman–Crippen LogP) is 9.78. The van der Waals surface area contributed by atoms with Crippen molar-refractivity contribution in [3.05, 3.63) is 12.2 Å². The van der Waals surface area contributed by atoms with Gasteiger partial charge in [-0.1, -0.05) is 142 Å². The van der Waals surface area contributed by atoms with Crippen molar-refractivity contribution in [1.82, 2.24) is 0 Å². The van der Waals surface area contributed by atoms with Gasteiger partial charge in [0.15, 0.2) is 6.10 Å². The Morgan fingerprint density at radius 1 is 0.528 bits per heavy atom. The Hall–Kier alpha value is -1.14. The molecule has 0 aromatic carbocycles. The molecule has 0 rings (SSSR count). The summed E-state index contributed by atoms with van der Waals surface area (Å²) in [6, 6.07) is 0. The van der Waals surface area contributed by atoms with Crippen LogP contribution in [0.2, 0.25) is 0 Å². The number of rotatable bonds is 39. The smallest absolute Gasteiger partial charge is 0.462 e. The van der Waals surface area contributed by atoms with Crippen LogP contribution in [0.3, 0.4) is 0 Å². The average Bonchev–Trinajstić information content (AvgIpc) is 3.11. The lowest BCUT2D eigenvalue weighted by atomic mass is 10.0. The Morgan fingerprint density at radius 2 is 0.925 bits per heavy atom. The third kappa shape index (κ3) is 38.9. The van der Waals surface area contributed by atoms with E-state index in [0.29, 0.717) is 12.8 Å². The largest absolute Gasteiger partial charge is 0.472 e. The van der Waals surface area contributed by atoms with Crippen molar-refractivity contribution >= 4 is 27.6 Å². The maximum Gasteiger partial charge on any atom is 0.472 e. The number of phosphoric ester groups is 2. The summed E-state index contributed by atoms with van der Waals surface area (Å²) in [4.78, 5) is 52.5. The second-order valence-corrected chi connectivity index (χ2v) is 16.6. The molecule has 1 unspecified atom stereocenters. The summed E-state index contributed by atoms with van der Waals surface area (Å²) >= 11 is 0. The van der Waals surface area contributed by atoms with Gasteiger partial charge in [-0.25, -0.2) is 9.13 Å².